The summed E-state index contributed by atoms with van der Waals surface area (Å²) in [6.45, 7) is 2.15. The van der Waals surface area contributed by atoms with Gasteiger partial charge in [0.25, 0.3) is 0 Å². The molecule has 0 amide bonds. The molecule has 0 aliphatic carbocycles. The first-order chi connectivity index (χ1) is 28.7. The fourth-order valence-electron chi connectivity index (χ4n) is 8.66. The van der Waals surface area contributed by atoms with Gasteiger partial charge in [0.15, 0.2) is 0 Å². The van der Waals surface area contributed by atoms with Crippen molar-refractivity contribution >= 4 is 60.7 Å². The van der Waals surface area contributed by atoms with Crippen LogP contribution in [-0.4, -0.2) is 19.1 Å². The monoisotopic (exact) mass is 743 g/mol. The molecule has 0 atom stereocenters. The average Bonchev–Trinajstić information content (AvgIpc) is 3.82. The van der Waals surface area contributed by atoms with E-state index in [1.165, 1.54) is 27.1 Å². The zero-order valence-corrected chi connectivity index (χ0v) is 31.9. The van der Waals surface area contributed by atoms with Gasteiger partial charge in [0.2, 0.25) is 0 Å². The van der Waals surface area contributed by atoms with Crippen LogP contribution in [0.4, 0.5) is 17.1 Å². The SMILES string of the molecule is Cc1ccc(N(c2cccc3c2c2ccccc2n3-c2ccc(-c3ccccn3)cc2)c2cccc3c2c2ccccc2n3-c2ccc(-c3ccccn3)cc2)cc1. The lowest BCUT2D eigenvalue weighted by atomic mass is 10.0. The fourth-order valence-corrected chi connectivity index (χ4v) is 8.66. The number of hydrogen-bond acceptors (Lipinski definition) is 3. The number of rotatable bonds is 7. The first-order valence-electron chi connectivity index (χ1n) is 19.7. The molecule has 7 aromatic carbocycles. The minimum atomic E-state index is 0.962. The summed E-state index contributed by atoms with van der Waals surface area (Å²) in [6.07, 6.45) is 3.69. The lowest BCUT2D eigenvalue weighted by molar-refractivity contribution is 1.18. The van der Waals surface area contributed by atoms with E-state index in [4.69, 9.17) is 0 Å². The molecular weight excluding hydrogens is 707 g/mol. The molecule has 5 heteroatoms. The van der Waals surface area contributed by atoms with Gasteiger partial charge in [0, 0.05) is 62.1 Å². The molecule has 11 aromatic rings. The van der Waals surface area contributed by atoms with Crippen molar-refractivity contribution in [1.82, 2.24) is 19.1 Å². The van der Waals surface area contributed by atoms with Crippen molar-refractivity contribution < 1.29 is 0 Å². The highest BCUT2D eigenvalue weighted by molar-refractivity contribution is 6.20. The summed E-state index contributed by atoms with van der Waals surface area (Å²) < 4.78 is 4.79. The van der Waals surface area contributed by atoms with Gasteiger partial charge in [-0.2, -0.15) is 0 Å². The van der Waals surface area contributed by atoms with Gasteiger partial charge in [0.1, 0.15) is 0 Å². The summed E-state index contributed by atoms with van der Waals surface area (Å²) >= 11 is 0. The minimum absolute atomic E-state index is 0.962. The van der Waals surface area contributed by atoms with Crippen molar-refractivity contribution in [2.24, 2.45) is 0 Å². The van der Waals surface area contributed by atoms with E-state index in [1.807, 2.05) is 36.7 Å². The number of anilines is 3. The second-order valence-electron chi connectivity index (χ2n) is 14.7. The van der Waals surface area contributed by atoms with Crippen molar-refractivity contribution in [3.63, 3.8) is 0 Å². The maximum atomic E-state index is 4.59. The third kappa shape index (κ3) is 5.47. The molecule has 274 valence electrons. The smallest absolute Gasteiger partial charge is 0.0701 e. The number of aromatic nitrogens is 4. The third-order valence-electron chi connectivity index (χ3n) is 11.3. The largest absolute Gasteiger partial charge is 0.309 e. The maximum absolute atomic E-state index is 4.59. The molecule has 0 spiro atoms. The second kappa shape index (κ2) is 13.8. The van der Waals surface area contributed by atoms with Crippen LogP contribution in [0.2, 0.25) is 0 Å². The maximum Gasteiger partial charge on any atom is 0.0701 e. The van der Waals surface area contributed by atoms with Crippen LogP contribution in [0, 0.1) is 6.92 Å². The van der Waals surface area contributed by atoms with Crippen LogP contribution >= 0.6 is 0 Å². The summed E-state index contributed by atoms with van der Waals surface area (Å²) in [7, 11) is 0. The number of pyridine rings is 2. The van der Waals surface area contributed by atoms with Crippen LogP contribution in [0.5, 0.6) is 0 Å². The number of aryl methyl sites for hydroxylation is 1. The molecule has 58 heavy (non-hydrogen) atoms. The summed E-state index contributed by atoms with van der Waals surface area (Å²) in [5.74, 6) is 0. The van der Waals surface area contributed by atoms with Gasteiger partial charge in [0.05, 0.1) is 44.8 Å². The zero-order chi connectivity index (χ0) is 38.6. The summed E-state index contributed by atoms with van der Waals surface area (Å²) in [5.41, 5.74) is 15.5. The highest BCUT2D eigenvalue weighted by Gasteiger charge is 2.24. The molecule has 0 radical (unpaired) electrons. The first-order valence-corrected chi connectivity index (χ1v) is 19.7. The molecule has 4 heterocycles. The van der Waals surface area contributed by atoms with Gasteiger partial charge in [-0.15, -0.1) is 0 Å². The molecule has 5 nitrogen and oxygen atoms in total. The predicted octanol–water partition coefficient (Wildman–Crippen LogP) is 13.8. The molecule has 0 bridgehead atoms. The molecule has 0 fully saturated rings. The first kappa shape index (κ1) is 33.6. The Morgan fingerprint density at radius 3 is 1.26 bits per heavy atom. The molecule has 0 aliphatic rings. The van der Waals surface area contributed by atoms with Crippen LogP contribution < -0.4 is 4.90 Å². The minimum Gasteiger partial charge on any atom is -0.309 e. The Bertz CT molecular complexity index is 3050. The normalized spacial score (nSPS) is 11.5. The zero-order valence-electron chi connectivity index (χ0n) is 31.9. The number of para-hydroxylation sites is 2. The second-order valence-corrected chi connectivity index (χ2v) is 14.7. The van der Waals surface area contributed by atoms with Gasteiger partial charge in [-0.3, -0.25) is 9.97 Å². The number of nitrogens with zero attached hydrogens (tertiary/aromatic N) is 5. The Labute approximate surface area is 336 Å². The molecular formula is C53H37N5. The summed E-state index contributed by atoms with van der Waals surface area (Å²) in [6, 6.07) is 69.5. The quantitative estimate of drug-likeness (QED) is 0.163. The van der Waals surface area contributed by atoms with Crippen molar-refractivity contribution in [2.75, 3.05) is 4.90 Å². The van der Waals surface area contributed by atoms with Crippen molar-refractivity contribution in [3.05, 3.63) is 212 Å². The highest BCUT2D eigenvalue weighted by atomic mass is 15.2. The van der Waals surface area contributed by atoms with Crippen molar-refractivity contribution in [3.8, 4) is 33.9 Å². The van der Waals surface area contributed by atoms with E-state index in [0.29, 0.717) is 0 Å². The number of fused-ring (bicyclic) bond motifs is 6. The molecule has 0 aliphatic heterocycles. The molecule has 0 saturated carbocycles. The van der Waals surface area contributed by atoms with Crippen LogP contribution in [0.3, 0.4) is 0 Å². The average molecular weight is 744 g/mol. The Balaban J connectivity index is 1.15. The van der Waals surface area contributed by atoms with Gasteiger partial charge < -0.3 is 14.0 Å². The van der Waals surface area contributed by atoms with Crippen LogP contribution in [0.25, 0.3) is 77.5 Å². The topological polar surface area (TPSA) is 38.9 Å². The molecule has 0 unspecified atom stereocenters. The van der Waals surface area contributed by atoms with Crippen molar-refractivity contribution in [2.45, 2.75) is 6.92 Å². The third-order valence-corrected chi connectivity index (χ3v) is 11.3. The van der Waals surface area contributed by atoms with Crippen LogP contribution in [-0.2, 0) is 0 Å². The van der Waals surface area contributed by atoms with Gasteiger partial charge in [-0.1, -0.05) is 103 Å². The van der Waals surface area contributed by atoms with Gasteiger partial charge in [-0.25, -0.2) is 0 Å². The Hall–Kier alpha value is -7.76. The predicted molar refractivity (Wildman–Crippen MR) is 241 cm³/mol. The van der Waals surface area contributed by atoms with E-state index in [9.17, 15) is 0 Å². The Kier molecular flexibility index (Phi) is 7.97. The molecule has 0 saturated heterocycles. The van der Waals surface area contributed by atoms with Gasteiger partial charge >= 0.3 is 0 Å². The molecule has 0 N–H and O–H groups in total. The van der Waals surface area contributed by atoms with E-state index in [1.54, 1.807) is 0 Å². The Morgan fingerprint density at radius 2 is 0.810 bits per heavy atom. The van der Waals surface area contributed by atoms with Gasteiger partial charge in [-0.05, 0) is 104 Å². The number of benzene rings is 7. The lowest BCUT2D eigenvalue weighted by Gasteiger charge is -2.27. The van der Waals surface area contributed by atoms with E-state index in [-0.39, 0.29) is 0 Å². The van der Waals surface area contributed by atoms with Crippen LogP contribution in [0.15, 0.2) is 207 Å². The highest BCUT2D eigenvalue weighted by Crippen LogP contribution is 2.48. The molecule has 4 aromatic heterocycles. The Morgan fingerprint density at radius 1 is 0.379 bits per heavy atom. The van der Waals surface area contributed by atoms with E-state index < -0.39 is 0 Å². The summed E-state index contributed by atoms with van der Waals surface area (Å²) in [4.78, 5) is 11.7. The van der Waals surface area contributed by atoms with Crippen LogP contribution in [0.1, 0.15) is 5.56 Å². The van der Waals surface area contributed by atoms with Crippen molar-refractivity contribution in [1.29, 1.82) is 0 Å². The number of hydrogen-bond donors (Lipinski definition) is 0. The van der Waals surface area contributed by atoms with E-state index in [2.05, 4.69) is 201 Å². The summed E-state index contributed by atoms with van der Waals surface area (Å²) in [5, 5.41) is 4.78. The van der Waals surface area contributed by atoms with E-state index in [0.717, 1.165) is 73.0 Å². The standard InChI is InChI=1S/C53H37N5/c1-36-22-28-39(29-23-36)58(50-20-10-18-48-52(50)42-12-2-4-16-46(42)56(48)40-30-24-37(25-31-40)44-14-6-8-34-54-44)51-21-11-19-49-53(51)43-13-3-5-17-47(43)57(49)41-32-26-38(27-33-41)45-15-7-9-35-55-45/h2-35H,1H3. The fraction of sp³-hybridized carbons (Fsp3) is 0.0189. The molecule has 11 rings (SSSR count). The lowest BCUT2D eigenvalue weighted by Crippen LogP contribution is -2.11. The van der Waals surface area contributed by atoms with E-state index >= 15 is 0 Å².